The standard InChI is InChI=1S/C22H19FN4O/c1-15-2-3-17-13-18(14-24)21(25-20(17)12-15)26-8-10-27(11-9-26)22(28)16-4-6-19(23)7-5-16/h2-7,12-13H,8-11H2,1H3. The fraction of sp³-hybridized carbons (Fsp3) is 0.227. The van der Waals surface area contributed by atoms with E-state index in [0.29, 0.717) is 43.1 Å². The number of aromatic nitrogens is 1. The first-order valence-corrected chi connectivity index (χ1v) is 9.16. The van der Waals surface area contributed by atoms with Crippen molar-refractivity contribution in [2.24, 2.45) is 0 Å². The third-order valence-electron chi connectivity index (χ3n) is 5.03. The van der Waals surface area contributed by atoms with Crippen LogP contribution in [-0.2, 0) is 0 Å². The smallest absolute Gasteiger partial charge is 0.253 e. The van der Waals surface area contributed by atoms with Crippen molar-refractivity contribution in [2.75, 3.05) is 31.1 Å². The molecule has 0 N–H and O–H groups in total. The lowest BCUT2D eigenvalue weighted by Crippen LogP contribution is -2.49. The maximum Gasteiger partial charge on any atom is 0.253 e. The molecule has 0 bridgehead atoms. The molecule has 6 heteroatoms. The minimum Gasteiger partial charge on any atom is -0.352 e. The van der Waals surface area contributed by atoms with E-state index in [1.54, 1.807) is 4.90 Å². The first-order chi connectivity index (χ1) is 13.5. The molecule has 1 aromatic heterocycles. The van der Waals surface area contributed by atoms with Gasteiger partial charge < -0.3 is 9.80 Å². The topological polar surface area (TPSA) is 60.2 Å². The lowest BCUT2D eigenvalue weighted by molar-refractivity contribution is 0.0746. The van der Waals surface area contributed by atoms with Crippen LogP contribution < -0.4 is 4.90 Å². The summed E-state index contributed by atoms with van der Waals surface area (Å²) in [5, 5.41) is 10.5. The van der Waals surface area contributed by atoms with Crippen LogP contribution >= 0.6 is 0 Å². The van der Waals surface area contributed by atoms with Crippen LogP contribution in [0.5, 0.6) is 0 Å². The zero-order valence-corrected chi connectivity index (χ0v) is 15.5. The fourth-order valence-electron chi connectivity index (χ4n) is 3.49. The molecule has 1 fully saturated rings. The summed E-state index contributed by atoms with van der Waals surface area (Å²) in [4.78, 5) is 21.1. The molecule has 1 saturated heterocycles. The molecule has 0 aliphatic carbocycles. The number of hydrogen-bond acceptors (Lipinski definition) is 4. The van der Waals surface area contributed by atoms with Crippen molar-refractivity contribution in [2.45, 2.75) is 6.92 Å². The van der Waals surface area contributed by atoms with Crippen molar-refractivity contribution >= 4 is 22.6 Å². The maximum atomic E-state index is 13.1. The van der Waals surface area contributed by atoms with Crippen molar-refractivity contribution in [1.82, 2.24) is 9.88 Å². The number of carbonyl (C=O) groups excluding carboxylic acids is 1. The third-order valence-corrected chi connectivity index (χ3v) is 5.03. The third kappa shape index (κ3) is 3.39. The summed E-state index contributed by atoms with van der Waals surface area (Å²) in [7, 11) is 0. The average Bonchev–Trinajstić information content (AvgIpc) is 2.73. The molecule has 0 saturated carbocycles. The molecule has 0 spiro atoms. The van der Waals surface area contributed by atoms with Crippen molar-refractivity contribution in [3.05, 3.63) is 71.0 Å². The Labute approximate surface area is 162 Å². The van der Waals surface area contributed by atoms with Gasteiger partial charge in [0.1, 0.15) is 17.7 Å². The molecule has 1 aliphatic heterocycles. The monoisotopic (exact) mass is 374 g/mol. The Bertz CT molecular complexity index is 1080. The van der Waals surface area contributed by atoms with Gasteiger partial charge in [0.15, 0.2) is 0 Å². The van der Waals surface area contributed by atoms with Crippen LogP contribution in [0.2, 0.25) is 0 Å². The van der Waals surface area contributed by atoms with Gasteiger partial charge in [-0.3, -0.25) is 4.79 Å². The Kier molecular flexibility index (Phi) is 4.66. The summed E-state index contributed by atoms with van der Waals surface area (Å²) >= 11 is 0. The lowest BCUT2D eigenvalue weighted by atomic mass is 10.1. The van der Waals surface area contributed by atoms with E-state index < -0.39 is 0 Å². The van der Waals surface area contributed by atoms with Gasteiger partial charge in [-0.2, -0.15) is 5.26 Å². The summed E-state index contributed by atoms with van der Waals surface area (Å²) in [5.41, 5.74) is 2.99. The molecule has 140 valence electrons. The Morgan fingerprint density at radius 2 is 1.79 bits per heavy atom. The van der Waals surface area contributed by atoms with E-state index in [2.05, 4.69) is 11.0 Å². The Balaban J connectivity index is 1.54. The number of nitriles is 1. The average molecular weight is 374 g/mol. The Morgan fingerprint density at radius 1 is 1.07 bits per heavy atom. The zero-order chi connectivity index (χ0) is 19.7. The number of aryl methyl sites for hydroxylation is 1. The number of pyridine rings is 1. The number of amides is 1. The minimum atomic E-state index is -0.358. The highest BCUT2D eigenvalue weighted by Crippen LogP contribution is 2.25. The molecule has 2 aromatic carbocycles. The first kappa shape index (κ1) is 17.9. The second-order valence-corrected chi connectivity index (χ2v) is 6.95. The SMILES string of the molecule is Cc1ccc2cc(C#N)c(N3CCN(C(=O)c4ccc(F)cc4)CC3)nc2c1. The van der Waals surface area contributed by atoms with Crippen LogP contribution in [0.1, 0.15) is 21.5 Å². The van der Waals surface area contributed by atoms with Gasteiger partial charge >= 0.3 is 0 Å². The number of halogens is 1. The predicted molar refractivity (Wildman–Crippen MR) is 106 cm³/mol. The Morgan fingerprint density at radius 3 is 2.46 bits per heavy atom. The largest absolute Gasteiger partial charge is 0.352 e. The van der Waals surface area contributed by atoms with Crippen molar-refractivity contribution in [3.8, 4) is 6.07 Å². The van der Waals surface area contributed by atoms with Gasteiger partial charge in [0.2, 0.25) is 0 Å². The van der Waals surface area contributed by atoms with E-state index in [-0.39, 0.29) is 11.7 Å². The number of piperazine rings is 1. The predicted octanol–water partition coefficient (Wildman–Crippen LogP) is 3.52. The highest BCUT2D eigenvalue weighted by atomic mass is 19.1. The van der Waals surface area contributed by atoms with Crippen LogP contribution in [0, 0.1) is 24.1 Å². The van der Waals surface area contributed by atoms with Crippen LogP contribution in [0.4, 0.5) is 10.2 Å². The van der Waals surface area contributed by atoms with Crippen LogP contribution in [0.25, 0.3) is 10.9 Å². The number of fused-ring (bicyclic) bond motifs is 1. The lowest BCUT2D eigenvalue weighted by Gasteiger charge is -2.35. The summed E-state index contributed by atoms with van der Waals surface area (Å²) in [6.45, 7) is 4.24. The quantitative estimate of drug-likeness (QED) is 0.689. The number of anilines is 1. The van der Waals surface area contributed by atoms with Crippen LogP contribution in [0.3, 0.4) is 0 Å². The maximum absolute atomic E-state index is 13.1. The van der Waals surface area contributed by atoms with E-state index in [1.165, 1.54) is 24.3 Å². The van der Waals surface area contributed by atoms with Gasteiger partial charge in [-0.15, -0.1) is 0 Å². The summed E-state index contributed by atoms with van der Waals surface area (Å²) < 4.78 is 13.1. The molecule has 1 amide bonds. The van der Waals surface area contributed by atoms with Gasteiger partial charge in [-0.25, -0.2) is 9.37 Å². The number of rotatable bonds is 2. The van der Waals surface area contributed by atoms with E-state index in [4.69, 9.17) is 4.98 Å². The van der Waals surface area contributed by atoms with Gasteiger partial charge in [0, 0.05) is 37.1 Å². The second kappa shape index (κ2) is 7.28. The van der Waals surface area contributed by atoms with Gasteiger partial charge in [0.05, 0.1) is 11.1 Å². The fourth-order valence-corrected chi connectivity index (χ4v) is 3.49. The minimum absolute atomic E-state index is 0.109. The molecule has 2 heterocycles. The summed E-state index contributed by atoms with van der Waals surface area (Å²) in [6.07, 6.45) is 0. The molecule has 28 heavy (non-hydrogen) atoms. The normalized spacial score (nSPS) is 14.2. The highest BCUT2D eigenvalue weighted by molar-refractivity contribution is 5.94. The zero-order valence-electron chi connectivity index (χ0n) is 15.5. The van der Waals surface area contributed by atoms with E-state index in [1.807, 2.05) is 31.2 Å². The molecular weight excluding hydrogens is 355 g/mol. The van der Waals surface area contributed by atoms with E-state index in [9.17, 15) is 14.4 Å². The second-order valence-electron chi connectivity index (χ2n) is 6.95. The van der Waals surface area contributed by atoms with Crippen molar-refractivity contribution in [1.29, 1.82) is 5.26 Å². The van der Waals surface area contributed by atoms with Crippen LogP contribution in [-0.4, -0.2) is 42.0 Å². The first-order valence-electron chi connectivity index (χ1n) is 9.16. The number of hydrogen-bond donors (Lipinski definition) is 0. The molecule has 0 radical (unpaired) electrons. The van der Waals surface area contributed by atoms with Gasteiger partial charge in [-0.1, -0.05) is 12.1 Å². The number of carbonyl (C=O) groups is 1. The van der Waals surface area contributed by atoms with Crippen LogP contribution in [0.15, 0.2) is 48.5 Å². The molecule has 0 atom stereocenters. The molecule has 4 rings (SSSR count). The molecule has 1 aliphatic rings. The van der Waals surface area contributed by atoms with Gasteiger partial charge in [-0.05, 0) is 48.9 Å². The van der Waals surface area contributed by atoms with Gasteiger partial charge in [0.25, 0.3) is 5.91 Å². The highest BCUT2D eigenvalue weighted by Gasteiger charge is 2.24. The van der Waals surface area contributed by atoms with Crippen molar-refractivity contribution < 1.29 is 9.18 Å². The molecule has 3 aromatic rings. The number of nitrogens with zero attached hydrogens (tertiary/aromatic N) is 4. The number of benzene rings is 2. The van der Waals surface area contributed by atoms with E-state index in [0.717, 1.165) is 16.5 Å². The Hall–Kier alpha value is -3.46. The van der Waals surface area contributed by atoms with E-state index >= 15 is 0 Å². The van der Waals surface area contributed by atoms with Crippen molar-refractivity contribution in [3.63, 3.8) is 0 Å². The molecule has 0 unspecified atom stereocenters. The summed E-state index contributed by atoms with van der Waals surface area (Å²) in [5.74, 6) is 0.194. The molecular formula is C22H19FN4O. The summed E-state index contributed by atoms with van der Waals surface area (Å²) in [6, 6.07) is 15.7. The molecule has 5 nitrogen and oxygen atoms in total.